The van der Waals surface area contributed by atoms with Crippen LogP contribution >= 0.6 is 0 Å². The van der Waals surface area contributed by atoms with Crippen molar-refractivity contribution in [2.45, 2.75) is 55.9 Å². The molecule has 1 N–H and O–H groups in total. The number of hydrogen-bond acceptors (Lipinski definition) is 3. The molecule has 0 atom stereocenters. The van der Waals surface area contributed by atoms with Gasteiger partial charge in [0.05, 0.1) is 17.1 Å². The zero-order valence-corrected chi connectivity index (χ0v) is 14.7. The number of hydrogen-bond donors (Lipinski definition) is 1. The summed E-state index contributed by atoms with van der Waals surface area (Å²) in [5, 5.41) is 4.72. The van der Waals surface area contributed by atoms with E-state index in [-0.39, 0.29) is 0 Å². The van der Waals surface area contributed by atoms with E-state index < -0.39 is 10.0 Å². The number of nitrogens with zero attached hydrogens (tertiary/aromatic N) is 2. The second kappa shape index (κ2) is 6.01. The van der Waals surface area contributed by atoms with Gasteiger partial charge in [0.1, 0.15) is 0 Å². The third-order valence-electron chi connectivity index (χ3n) is 4.74. The first kappa shape index (κ1) is 15.8. The lowest BCUT2D eigenvalue weighted by atomic mass is 10.2. The topological polar surface area (TPSA) is 64.0 Å². The van der Waals surface area contributed by atoms with Gasteiger partial charge in [0, 0.05) is 24.1 Å². The van der Waals surface area contributed by atoms with Crippen molar-refractivity contribution in [1.29, 1.82) is 0 Å². The molecule has 0 aliphatic heterocycles. The fraction of sp³-hybridized carbons (Fsp3) is 0.500. The van der Waals surface area contributed by atoms with Crippen LogP contribution in [0.1, 0.15) is 54.5 Å². The van der Waals surface area contributed by atoms with Gasteiger partial charge in [-0.1, -0.05) is 12.1 Å². The molecule has 0 spiro atoms. The molecule has 0 radical (unpaired) electrons. The van der Waals surface area contributed by atoms with E-state index >= 15 is 0 Å². The summed E-state index contributed by atoms with van der Waals surface area (Å²) in [5.74, 6) is 1.26. The first-order valence-corrected chi connectivity index (χ1v) is 10.2. The third-order valence-corrected chi connectivity index (χ3v) is 6.20. The normalized spacial score (nSPS) is 18.0. The Morgan fingerprint density at radius 3 is 2.58 bits per heavy atom. The lowest BCUT2D eigenvalue weighted by Gasteiger charge is -2.09. The zero-order valence-electron chi connectivity index (χ0n) is 13.9. The van der Waals surface area contributed by atoms with Gasteiger partial charge in [-0.15, -0.1) is 0 Å². The molecular formula is C18H23N3O2S. The zero-order chi connectivity index (χ0) is 16.7. The molecule has 2 aliphatic rings. The fourth-order valence-electron chi connectivity index (χ4n) is 3.07. The molecular weight excluding hydrogens is 322 g/mol. The second-order valence-electron chi connectivity index (χ2n) is 6.98. The van der Waals surface area contributed by atoms with Crippen LogP contribution < -0.4 is 4.72 Å². The minimum atomic E-state index is -3.46. The van der Waals surface area contributed by atoms with Gasteiger partial charge in [-0.2, -0.15) is 5.10 Å². The number of aryl methyl sites for hydroxylation is 1. The Morgan fingerprint density at radius 2 is 1.92 bits per heavy atom. The Kier molecular flexibility index (Phi) is 3.96. The molecule has 1 aromatic carbocycles. The van der Waals surface area contributed by atoms with Gasteiger partial charge >= 0.3 is 0 Å². The Hall–Kier alpha value is -1.66. The maximum Gasteiger partial charge on any atom is 0.240 e. The number of aromatic nitrogens is 2. The molecule has 128 valence electrons. The lowest BCUT2D eigenvalue weighted by molar-refractivity contribution is 0.548. The molecule has 1 aromatic heterocycles. The van der Waals surface area contributed by atoms with E-state index in [2.05, 4.69) is 10.8 Å². The van der Waals surface area contributed by atoms with Crippen LogP contribution in [0.2, 0.25) is 0 Å². The summed E-state index contributed by atoms with van der Waals surface area (Å²) >= 11 is 0. The van der Waals surface area contributed by atoms with E-state index in [1.165, 1.54) is 37.1 Å². The van der Waals surface area contributed by atoms with Crippen LogP contribution in [-0.4, -0.2) is 24.7 Å². The third kappa shape index (κ3) is 3.39. The molecule has 2 saturated carbocycles. The lowest BCUT2D eigenvalue weighted by Crippen LogP contribution is -2.28. The standard InChI is InChI=1S/C18H23N3O2S/c1-13-3-2-4-16(11-13)24(22,23)19-9-10-21-18(15-7-8-15)12-17(20-21)14-5-6-14/h2-4,11-12,14-15,19H,5-10H2,1H3. The van der Waals surface area contributed by atoms with E-state index in [1.54, 1.807) is 18.2 Å². The van der Waals surface area contributed by atoms with Gasteiger partial charge in [-0.3, -0.25) is 4.68 Å². The van der Waals surface area contributed by atoms with Crippen molar-refractivity contribution in [1.82, 2.24) is 14.5 Å². The van der Waals surface area contributed by atoms with Crippen molar-refractivity contribution in [2.24, 2.45) is 0 Å². The van der Waals surface area contributed by atoms with E-state index in [0.29, 0.717) is 29.8 Å². The highest BCUT2D eigenvalue weighted by atomic mass is 32.2. The summed E-state index contributed by atoms with van der Waals surface area (Å²) in [6.07, 6.45) is 4.93. The van der Waals surface area contributed by atoms with Crippen molar-refractivity contribution < 1.29 is 8.42 Å². The maximum absolute atomic E-state index is 12.4. The predicted octanol–water partition coefficient (Wildman–Crippen LogP) is 2.92. The average Bonchev–Trinajstić information content (AvgIpc) is 3.46. The molecule has 24 heavy (non-hydrogen) atoms. The predicted molar refractivity (Wildman–Crippen MR) is 92.5 cm³/mol. The van der Waals surface area contributed by atoms with Gasteiger partial charge in [-0.25, -0.2) is 13.1 Å². The molecule has 0 bridgehead atoms. The highest BCUT2D eigenvalue weighted by molar-refractivity contribution is 7.89. The Morgan fingerprint density at radius 1 is 1.17 bits per heavy atom. The van der Waals surface area contributed by atoms with Gasteiger partial charge in [0.15, 0.2) is 0 Å². The van der Waals surface area contributed by atoms with E-state index in [1.807, 2.05) is 17.7 Å². The average molecular weight is 345 g/mol. The highest BCUT2D eigenvalue weighted by Gasteiger charge is 2.32. The summed E-state index contributed by atoms with van der Waals surface area (Å²) in [6, 6.07) is 9.22. The van der Waals surface area contributed by atoms with Crippen LogP contribution in [0.4, 0.5) is 0 Å². The molecule has 5 nitrogen and oxygen atoms in total. The largest absolute Gasteiger partial charge is 0.268 e. The first-order valence-electron chi connectivity index (χ1n) is 8.67. The van der Waals surface area contributed by atoms with Crippen molar-refractivity contribution >= 4 is 10.0 Å². The fourth-order valence-corrected chi connectivity index (χ4v) is 4.19. The highest BCUT2D eigenvalue weighted by Crippen LogP contribution is 2.44. The van der Waals surface area contributed by atoms with Crippen LogP contribution in [0.3, 0.4) is 0 Å². The first-order chi connectivity index (χ1) is 11.5. The van der Waals surface area contributed by atoms with Gasteiger partial charge in [0.2, 0.25) is 10.0 Å². The van der Waals surface area contributed by atoms with Crippen molar-refractivity contribution in [3.8, 4) is 0 Å². The number of nitrogens with one attached hydrogen (secondary N) is 1. The number of rotatable bonds is 7. The quantitative estimate of drug-likeness (QED) is 0.839. The smallest absolute Gasteiger partial charge is 0.240 e. The summed E-state index contributed by atoms with van der Waals surface area (Å²) in [6.45, 7) is 2.84. The van der Waals surface area contributed by atoms with Crippen LogP contribution in [0.15, 0.2) is 35.2 Å². The monoisotopic (exact) mass is 345 g/mol. The number of benzene rings is 1. The van der Waals surface area contributed by atoms with Crippen LogP contribution in [0, 0.1) is 6.92 Å². The van der Waals surface area contributed by atoms with Gasteiger partial charge < -0.3 is 0 Å². The molecule has 6 heteroatoms. The van der Waals surface area contributed by atoms with E-state index in [9.17, 15) is 8.42 Å². The molecule has 0 unspecified atom stereocenters. The van der Waals surface area contributed by atoms with Crippen molar-refractivity contribution in [2.75, 3.05) is 6.54 Å². The molecule has 0 amide bonds. The van der Waals surface area contributed by atoms with Crippen molar-refractivity contribution in [3.63, 3.8) is 0 Å². The summed E-state index contributed by atoms with van der Waals surface area (Å²) in [4.78, 5) is 0.323. The Balaban J connectivity index is 1.43. The number of sulfonamides is 1. The summed E-state index contributed by atoms with van der Waals surface area (Å²) in [5.41, 5.74) is 3.42. The second-order valence-corrected chi connectivity index (χ2v) is 8.75. The molecule has 1 heterocycles. The maximum atomic E-state index is 12.4. The SMILES string of the molecule is Cc1cccc(S(=O)(=O)NCCn2nc(C3CC3)cc2C2CC2)c1. The molecule has 0 saturated heterocycles. The molecule has 4 rings (SSSR count). The van der Waals surface area contributed by atoms with Gasteiger partial charge in [0.25, 0.3) is 0 Å². The summed E-state index contributed by atoms with van der Waals surface area (Å²) < 4.78 is 29.5. The van der Waals surface area contributed by atoms with Gasteiger partial charge in [-0.05, 0) is 56.4 Å². The minimum absolute atomic E-state index is 0.323. The molecule has 2 aromatic rings. The molecule has 2 aliphatic carbocycles. The summed E-state index contributed by atoms with van der Waals surface area (Å²) in [7, 11) is -3.46. The van der Waals surface area contributed by atoms with E-state index in [0.717, 1.165) is 5.56 Å². The molecule has 2 fully saturated rings. The van der Waals surface area contributed by atoms with Crippen molar-refractivity contribution in [3.05, 3.63) is 47.3 Å². The van der Waals surface area contributed by atoms with Crippen LogP contribution in [-0.2, 0) is 16.6 Å². The Labute approximate surface area is 143 Å². The van der Waals surface area contributed by atoms with Crippen LogP contribution in [0.5, 0.6) is 0 Å². The van der Waals surface area contributed by atoms with E-state index in [4.69, 9.17) is 5.10 Å². The Bertz CT molecular complexity index is 849. The minimum Gasteiger partial charge on any atom is -0.268 e. The van der Waals surface area contributed by atoms with Crippen LogP contribution in [0.25, 0.3) is 0 Å².